The monoisotopic (exact) mass is 325 g/mol. The number of amides is 1. The van der Waals surface area contributed by atoms with E-state index in [1.165, 1.54) is 0 Å². The first-order valence-corrected chi connectivity index (χ1v) is 8.04. The number of nitrogens with zero attached hydrogens (tertiary/aromatic N) is 5. The summed E-state index contributed by atoms with van der Waals surface area (Å²) in [5, 5.41) is 7.54. The normalized spacial score (nSPS) is 16.1. The van der Waals surface area contributed by atoms with Crippen LogP contribution in [0.3, 0.4) is 0 Å². The van der Waals surface area contributed by atoms with E-state index in [2.05, 4.69) is 15.0 Å². The van der Waals surface area contributed by atoms with Gasteiger partial charge < -0.3 is 9.80 Å². The molecule has 0 bridgehead atoms. The first kappa shape index (κ1) is 14.3. The fourth-order valence-electron chi connectivity index (χ4n) is 2.44. The zero-order chi connectivity index (χ0) is 14.8. The van der Waals surface area contributed by atoms with Crippen molar-refractivity contribution < 1.29 is 4.79 Å². The maximum Gasteiger partial charge on any atom is 0.275 e. The summed E-state index contributed by atoms with van der Waals surface area (Å²) in [5.41, 5.74) is 0.335. The van der Waals surface area contributed by atoms with Crippen molar-refractivity contribution >= 4 is 34.0 Å². The van der Waals surface area contributed by atoms with E-state index in [0.29, 0.717) is 23.8 Å². The van der Waals surface area contributed by atoms with Crippen LogP contribution in [0.4, 0.5) is 5.13 Å². The number of carbonyl (C=O) groups excluding carboxylic acids is 1. The van der Waals surface area contributed by atoms with Crippen molar-refractivity contribution in [1.29, 1.82) is 0 Å². The predicted octanol–water partition coefficient (Wildman–Crippen LogP) is 1.88. The largest absolute Gasteiger partial charge is 0.346 e. The Hall–Kier alpha value is -1.60. The molecule has 3 rings (SSSR count). The van der Waals surface area contributed by atoms with Gasteiger partial charge in [-0.2, -0.15) is 5.10 Å². The van der Waals surface area contributed by atoms with Gasteiger partial charge in [-0.05, 0) is 6.42 Å². The summed E-state index contributed by atoms with van der Waals surface area (Å²) in [4.78, 5) is 20.9. The van der Waals surface area contributed by atoms with Gasteiger partial charge in [-0.15, -0.1) is 11.3 Å². The number of halogens is 1. The number of hydrogen-bond acceptors (Lipinski definition) is 5. The Bertz CT molecular complexity index is 627. The zero-order valence-electron chi connectivity index (χ0n) is 11.7. The first-order chi connectivity index (χ1) is 10.1. The molecule has 2 aromatic heterocycles. The maximum atomic E-state index is 12.5. The van der Waals surface area contributed by atoms with Gasteiger partial charge in [0, 0.05) is 51.0 Å². The fraction of sp³-hybridized carbons (Fsp3) is 0.462. The highest BCUT2D eigenvalue weighted by atomic mass is 35.5. The lowest BCUT2D eigenvalue weighted by Gasteiger charge is -2.21. The van der Waals surface area contributed by atoms with Gasteiger partial charge in [-0.25, -0.2) is 4.98 Å². The third-order valence-electron chi connectivity index (χ3n) is 3.46. The average Bonchev–Trinajstić information content (AvgIpc) is 3.02. The molecule has 0 atom stereocenters. The number of aromatic nitrogens is 3. The van der Waals surface area contributed by atoms with Crippen molar-refractivity contribution in [3.8, 4) is 0 Å². The van der Waals surface area contributed by atoms with E-state index in [0.717, 1.165) is 24.6 Å². The minimum atomic E-state index is -0.0958. The topological polar surface area (TPSA) is 54.3 Å². The molecule has 0 N–H and O–H groups in total. The molecule has 0 saturated carbocycles. The highest BCUT2D eigenvalue weighted by Crippen LogP contribution is 2.21. The number of anilines is 1. The highest BCUT2D eigenvalue weighted by molar-refractivity contribution is 7.13. The Morgan fingerprint density at radius 3 is 2.86 bits per heavy atom. The van der Waals surface area contributed by atoms with Crippen molar-refractivity contribution in [2.75, 3.05) is 31.1 Å². The van der Waals surface area contributed by atoms with Crippen molar-refractivity contribution in [2.24, 2.45) is 7.05 Å². The standard InChI is InChI=1S/C13H16ClN5OS/c1-17-9-10(14)11(16-17)12(20)18-4-2-5-19(7-6-18)13-15-3-8-21-13/h3,8-9H,2,4-7H2,1H3. The molecule has 1 aliphatic rings. The summed E-state index contributed by atoms with van der Waals surface area (Å²) in [6.07, 6.45) is 4.37. The van der Waals surface area contributed by atoms with E-state index >= 15 is 0 Å². The molecule has 0 spiro atoms. The summed E-state index contributed by atoms with van der Waals surface area (Å²) in [6.45, 7) is 3.07. The van der Waals surface area contributed by atoms with E-state index in [4.69, 9.17) is 11.6 Å². The summed E-state index contributed by atoms with van der Waals surface area (Å²) in [6, 6.07) is 0. The molecule has 1 aliphatic heterocycles. The summed E-state index contributed by atoms with van der Waals surface area (Å²) in [7, 11) is 1.76. The number of carbonyl (C=O) groups is 1. The van der Waals surface area contributed by atoms with E-state index in [9.17, 15) is 4.79 Å². The van der Waals surface area contributed by atoms with Crippen LogP contribution in [0.2, 0.25) is 5.02 Å². The van der Waals surface area contributed by atoms with Crippen molar-refractivity contribution in [3.05, 3.63) is 28.5 Å². The molecular weight excluding hydrogens is 310 g/mol. The first-order valence-electron chi connectivity index (χ1n) is 6.78. The van der Waals surface area contributed by atoms with Crippen LogP contribution in [0.5, 0.6) is 0 Å². The molecule has 21 heavy (non-hydrogen) atoms. The Balaban J connectivity index is 1.70. The van der Waals surface area contributed by atoms with Crippen LogP contribution in [-0.4, -0.2) is 51.8 Å². The molecule has 0 unspecified atom stereocenters. The second-order valence-corrected chi connectivity index (χ2v) is 6.23. The van der Waals surface area contributed by atoms with E-state index < -0.39 is 0 Å². The zero-order valence-corrected chi connectivity index (χ0v) is 13.3. The number of thiazole rings is 1. The smallest absolute Gasteiger partial charge is 0.275 e. The quantitative estimate of drug-likeness (QED) is 0.846. The lowest BCUT2D eigenvalue weighted by Crippen LogP contribution is -2.35. The van der Waals surface area contributed by atoms with Gasteiger partial charge in [0.1, 0.15) is 0 Å². The molecular formula is C13H16ClN5OS. The summed E-state index contributed by atoms with van der Waals surface area (Å²) < 4.78 is 1.56. The average molecular weight is 326 g/mol. The molecule has 1 fully saturated rings. The number of aryl methyl sites for hydroxylation is 1. The molecule has 3 heterocycles. The molecule has 8 heteroatoms. The number of hydrogen-bond donors (Lipinski definition) is 0. The minimum absolute atomic E-state index is 0.0958. The van der Waals surface area contributed by atoms with Gasteiger partial charge >= 0.3 is 0 Å². The third-order valence-corrected chi connectivity index (χ3v) is 4.57. The van der Waals surface area contributed by atoms with Crippen LogP contribution in [0, 0.1) is 0 Å². The van der Waals surface area contributed by atoms with Crippen LogP contribution in [0.15, 0.2) is 17.8 Å². The minimum Gasteiger partial charge on any atom is -0.346 e. The lowest BCUT2D eigenvalue weighted by molar-refractivity contribution is 0.0760. The predicted molar refractivity (Wildman–Crippen MR) is 83.1 cm³/mol. The van der Waals surface area contributed by atoms with E-state index in [1.54, 1.807) is 29.3 Å². The van der Waals surface area contributed by atoms with Crippen molar-refractivity contribution in [2.45, 2.75) is 6.42 Å². The fourth-order valence-corrected chi connectivity index (χ4v) is 3.39. The molecule has 0 aromatic carbocycles. The Morgan fingerprint density at radius 2 is 2.19 bits per heavy atom. The third kappa shape index (κ3) is 3.03. The molecule has 0 radical (unpaired) electrons. The Morgan fingerprint density at radius 1 is 1.33 bits per heavy atom. The molecule has 2 aromatic rings. The van der Waals surface area contributed by atoms with E-state index in [-0.39, 0.29) is 5.91 Å². The van der Waals surface area contributed by atoms with Crippen LogP contribution >= 0.6 is 22.9 Å². The molecule has 1 amide bonds. The van der Waals surface area contributed by atoms with Gasteiger partial charge in [0.25, 0.3) is 5.91 Å². The molecule has 0 aliphatic carbocycles. The molecule has 6 nitrogen and oxygen atoms in total. The number of rotatable bonds is 2. The molecule has 1 saturated heterocycles. The van der Waals surface area contributed by atoms with Crippen molar-refractivity contribution in [1.82, 2.24) is 19.7 Å². The van der Waals surface area contributed by atoms with Gasteiger partial charge in [-0.3, -0.25) is 9.48 Å². The summed E-state index contributed by atoms with van der Waals surface area (Å²) >= 11 is 7.69. The lowest BCUT2D eigenvalue weighted by atomic mass is 10.3. The van der Waals surface area contributed by atoms with Crippen LogP contribution < -0.4 is 4.90 Å². The highest BCUT2D eigenvalue weighted by Gasteiger charge is 2.24. The van der Waals surface area contributed by atoms with Crippen LogP contribution in [0.1, 0.15) is 16.9 Å². The van der Waals surface area contributed by atoms with Crippen molar-refractivity contribution in [3.63, 3.8) is 0 Å². The SMILES string of the molecule is Cn1cc(Cl)c(C(=O)N2CCCN(c3nccs3)CC2)n1. The van der Waals surface area contributed by atoms with Gasteiger partial charge in [0.05, 0.1) is 5.02 Å². The van der Waals surface area contributed by atoms with E-state index in [1.807, 2.05) is 16.5 Å². The second-order valence-electron chi connectivity index (χ2n) is 4.95. The van der Waals surface area contributed by atoms with Gasteiger partial charge in [-0.1, -0.05) is 11.6 Å². The molecule has 112 valence electrons. The second kappa shape index (κ2) is 6.03. The Labute approximate surface area is 131 Å². The van der Waals surface area contributed by atoms with Crippen LogP contribution in [0.25, 0.3) is 0 Å². The Kier molecular flexibility index (Phi) is 4.12. The summed E-state index contributed by atoms with van der Waals surface area (Å²) in [5.74, 6) is -0.0958. The van der Waals surface area contributed by atoms with Gasteiger partial charge in [0.2, 0.25) is 0 Å². The maximum absolute atomic E-state index is 12.5. The van der Waals surface area contributed by atoms with Gasteiger partial charge in [0.15, 0.2) is 10.8 Å². The van der Waals surface area contributed by atoms with Crippen LogP contribution in [-0.2, 0) is 7.05 Å².